The number of carbonyl (C=O) groups is 2. The Morgan fingerprint density at radius 2 is 1.82 bits per heavy atom. The Morgan fingerprint density at radius 1 is 1.14 bits per heavy atom. The second kappa shape index (κ2) is 7.78. The van der Waals surface area contributed by atoms with Crippen molar-refractivity contribution in [3.63, 3.8) is 0 Å². The molecule has 1 aromatic carbocycles. The second-order valence-electron chi connectivity index (χ2n) is 5.53. The van der Waals surface area contributed by atoms with Crippen LogP contribution in [0.25, 0.3) is 0 Å². The Labute approximate surface area is 132 Å². The summed E-state index contributed by atoms with van der Waals surface area (Å²) in [7, 11) is 0. The van der Waals surface area contributed by atoms with Crippen molar-refractivity contribution in [1.82, 2.24) is 4.90 Å². The molecule has 0 unspecified atom stereocenters. The number of allylic oxidation sites excluding steroid dienone is 2. The predicted octanol–water partition coefficient (Wildman–Crippen LogP) is 3.46. The lowest BCUT2D eigenvalue weighted by Crippen LogP contribution is -2.30. The van der Waals surface area contributed by atoms with Crippen LogP contribution in [0.1, 0.15) is 43.5 Å². The zero-order valence-electron chi connectivity index (χ0n) is 13.3. The van der Waals surface area contributed by atoms with E-state index in [1.165, 1.54) is 0 Å². The number of rotatable bonds is 5. The first kappa shape index (κ1) is 16.3. The minimum atomic E-state index is 0.0281. The minimum absolute atomic E-state index is 0.0281. The Bertz CT molecular complexity index is 545. The molecule has 0 saturated heterocycles. The van der Waals surface area contributed by atoms with E-state index in [2.05, 4.69) is 17.5 Å². The minimum Gasteiger partial charge on any atom is -0.339 e. The molecule has 4 heteroatoms. The molecular weight excluding hydrogens is 276 g/mol. The summed E-state index contributed by atoms with van der Waals surface area (Å²) < 4.78 is 0. The topological polar surface area (TPSA) is 49.4 Å². The number of hydrogen-bond acceptors (Lipinski definition) is 2. The lowest BCUT2D eigenvalue weighted by molar-refractivity contribution is -0.120. The standard InChI is InChI=1S/C18H24N2O2/c1-3-20(4-2)18(22)15-10-12-16(13-11-15)19-17(21)14-8-6-5-7-9-14/h5-6,10-14H,3-4,7-9H2,1-2H3,(H,19,21)/t14-/m1/s1. The highest BCUT2D eigenvalue weighted by molar-refractivity contribution is 5.96. The zero-order valence-corrected chi connectivity index (χ0v) is 13.3. The average molecular weight is 300 g/mol. The van der Waals surface area contributed by atoms with E-state index in [1.807, 2.05) is 13.8 Å². The van der Waals surface area contributed by atoms with Crippen LogP contribution >= 0.6 is 0 Å². The Hall–Kier alpha value is -2.10. The molecule has 1 N–H and O–H groups in total. The lowest BCUT2D eigenvalue weighted by atomic mass is 9.93. The highest BCUT2D eigenvalue weighted by Gasteiger charge is 2.19. The van der Waals surface area contributed by atoms with Crippen molar-refractivity contribution in [3.05, 3.63) is 42.0 Å². The van der Waals surface area contributed by atoms with E-state index in [0.717, 1.165) is 24.9 Å². The molecule has 1 aliphatic carbocycles. The first-order valence-corrected chi connectivity index (χ1v) is 8.00. The molecular formula is C18H24N2O2. The fraction of sp³-hybridized carbons (Fsp3) is 0.444. The third-order valence-corrected chi connectivity index (χ3v) is 4.09. The Morgan fingerprint density at radius 3 is 2.36 bits per heavy atom. The molecule has 0 spiro atoms. The van der Waals surface area contributed by atoms with Gasteiger partial charge in [0.15, 0.2) is 0 Å². The van der Waals surface area contributed by atoms with Gasteiger partial charge in [-0.15, -0.1) is 0 Å². The van der Waals surface area contributed by atoms with Gasteiger partial charge in [0.25, 0.3) is 5.91 Å². The van der Waals surface area contributed by atoms with E-state index in [0.29, 0.717) is 18.7 Å². The average Bonchev–Trinajstić information content (AvgIpc) is 2.57. The number of nitrogens with zero attached hydrogens (tertiary/aromatic N) is 1. The van der Waals surface area contributed by atoms with Crippen LogP contribution in [0.5, 0.6) is 0 Å². The van der Waals surface area contributed by atoms with Gasteiger partial charge in [0.2, 0.25) is 5.91 Å². The van der Waals surface area contributed by atoms with Gasteiger partial charge in [0.05, 0.1) is 0 Å². The summed E-state index contributed by atoms with van der Waals surface area (Å²) in [6.07, 6.45) is 6.87. The monoisotopic (exact) mass is 300 g/mol. The summed E-state index contributed by atoms with van der Waals surface area (Å²) >= 11 is 0. The molecule has 0 aromatic heterocycles. The Kier molecular flexibility index (Phi) is 5.75. The molecule has 2 amide bonds. The van der Waals surface area contributed by atoms with E-state index in [9.17, 15) is 9.59 Å². The van der Waals surface area contributed by atoms with Gasteiger partial charge < -0.3 is 10.2 Å². The molecule has 1 atom stereocenters. The number of benzene rings is 1. The fourth-order valence-corrected chi connectivity index (χ4v) is 2.67. The molecule has 2 rings (SSSR count). The maximum absolute atomic E-state index is 12.2. The summed E-state index contributed by atoms with van der Waals surface area (Å²) in [5.74, 6) is 0.148. The van der Waals surface area contributed by atoms with Crippen LogP contribution < -0.4 is 5.32 Å². The predicted molar refractivity (Wildman–Crippen MR) is 88.8 cm³/mol. The summed E-state index contributed by atoms with van der Waals surface area (Å²) in [6.45, 7) is 5.33. The van der Waals surface area contributed by atoms with E-state index < -0.39 is 0 Å². The van der Waals surface area contributed by atoms with Gasteiger partial charge in [-0.25, -0.2) is 0 Å². The SMILES string of the molecule is CCN(CC)C(=O)c1ccc(NC(=O)[C@@H]2CC=CCC2)cc1. The molecule has 118 valence electrons. The van der Waals surface area contributed by atoms with Crippen molar-refractivity contribution >= 4 is 17.5 Å². The van der Waals surface area contributed by atoms with Crippen LogP contribution in [-0.4, -0.2) is 29.8 Å². The molecule has 0 bridgehead atoms. The van der Waals surface area contributed by atoms with Crippen molar-refractivity contribution in [1.29, 1.82) is 0 Å². The van der Waals surface area contributed by atoms with Crippen LogP contribution in [0.2, 0.25) is 0 Å². The number of carbonyl (C=O) groups excluding carboxylic acids is 2. The second-order valence-corrected chi connectivity index (χ2v) is 5.53. The molecule has 0 saturated carbocycles. The van der Waals surface area contributed by atoms with Crippen molar-refractivity contribution < 1.29 is 9.59 Å². The summed E-state index contributed by atoms with van der Waals surface area (Å²) in [4.78, 5) is 26.2. The third-order valence-electron chi connectivity index (χ3n) is 4.09. The first-order chi connectivity index (χ1) is 10.7. The quantitative estimate of drug-likeness (QED) is 0.847. The molecule has 4 nitrogen and oxygen atoms in total. The highest BCUT2D eigenvalue weighted by atomic mass is 16.2. The number of amides is 2. The molecule has 0 aliphatic heterocycles. The van der Waals surface area contributed by atoms with Gasteiger partial charge in [0.1, 0.15) is 0 Å². The molecule has 22 heavy (non-hydrogen) atoms. The van der Waals surface area contributed by atoms with Gasteiger partial charge in [-0.1, -0.05) is 12.2 Å². The summed E-state index contributed by atoms with van der Waals surface area (Å²) in [6, 6.07) is 7.15. The summed E-state index contributed by atoms with van der Waals surface area (Å²) in [5.41, 5.74) is 1.40. The van der Waals surface area contributed by atoms with Crippen LogP contribution in [-0.2, 0) is 4.79 Å². The maximum atomic E-state index is 12.2. The third kappa shape index (κ3) is 3.97. The van der Waals surface area contributed by atoms with E-state index in [4.69, 9.17) is 0 Å². The van der Waals surface area contributed by atoms with Gasteiger partial charge in [-0.2, -0.15) is 0 Å². The largest absolute Gasteiger partial charge is 0.339 e. The maximum Gasteiger partial charge on any atom is 0.253 e. The molecule has 1 aliphatic rings. The molecule has 0 fully saturated rings. The Balaban J connectivity index is 1.98. The van der Waals surface area contributed by atoms with Gasteiger partial charge in [-0.05, 0) is 57.4 Å². The van der Waals surface area contributed by atoms with Crippen molar-refractivity contribution in [2.45, 2.75) is 33.1 Å². The molecule has 0 radical (unpaired) electrons. The smallest absolute Gasteiger partial charge is 0.253 e. The van der Waals surface area contributed by atoms with Gasteiger partial charge in [0, 0.05) is 30.3 Å². The normalized spacial score (nSPS) is 17.1. The van der Waals surface area contributed by atoms with Gasteiger partial charge in [-0.3, -0.25) is 9.59 Å². The van der Waals surface area contributed by atoms with Crippen molar-refractivity contribution in [2.24, 2.45) is 5.92 Å². The van der Waals surface area contributed by atoms with Crippen molar-refractivity contribution in [3.8, 4) is 0 Å². The number of nitrogens with one attached hydrogen (secondary N) is 1. The van der Waals surface area contributed by atoms with Gasteiger partial charge >= 0.3 is 0 Å². The highest BCUT2D eigenvalue weighted by Crippen LogP contribution is 2.20. The fourth-order valence-electron chi connectivity index (χ4n) is 2.67. The molecule has 1 aromatic rings. The van der Waals surface area contributed by atoms with E-state index >= 15 is 0 Å². The summed E-state index contributed by atoms with van der Waals surface area (Å²) in [5, 5.41) is 2.94. The van der Waals surface area contributed by atoms with E-state index in [-0.39, 0.29) is 17.7 Å². The zero-order chi connectivity index (χ0) is 15.9. The lowest BCUT2D eigenvalue weighted by Gasteiger charge is -2.19. The van der Waals surface area contributed by atoms with Crippen LogP contribution in [0.15, 0.2) is 36.4 Å². The first-order valence-electron chi connectivity index (χ1n) is 8.00. The molecule has 0 heterocycles. The van der Waals surface area contributed by atoms with Crippen LogP contribution in [0.3, 0.4) is 0 Å². The van der Waals surface area contributed by atoms with Crippen molar-refractivity contribution in [2.75, 3.05) is 18.4 Å². The van der Waals surface area contributed by atoms with Crippen LogP contribution in [0.4, 0.5) is 5.69 Å². The number of hydrogen-bond donors (Lipinski definition) is 1. The van der Waals surface area contributed by atoms with E-state index in [1.54, 1.807) is 29.2 Å². The number of anilines is 1. The van der Waals surface area contributed by atoms with Crippen LogP contribution in [0, 0.1) is 5.92 Å².